The van der Waals surface area contributed by atoms with Crippen LogP contribution in [0.25, 0.3) is 53.2 Å². The molecule has 0 N–H and O–H groups in total. The van der Waals surface area contributed by atoms with Crippen molar-refractivity contribution in [3.63, 3.8) is 0 Å². The van der Waals surface area contributed by atoms with Crippen LogP contribution in [-0.4, -0.2) is 4.57 Å². The molecule has 0 bridgehead atoms. The van der Waals surface area contributed by atoms with Crippen LogP contribution < -0.4 is 0 Å². The van der Waals surface area contributed by atoms with Gasteiger partial charge >= 0.3 is 0 Å². The second-order valence-electron chi connectivity index (χ2n) is 11.7. The van der Waals surface area contributed by atoms with Crippen molar-refractivity contribution in [3.8, 4) is 5.69 Å². The van der Waals surface area contributed by atoms with Gasteiger partial charge in [-0.05, 0) is 66.1 Å². The molecule has 2 aromatic heterocycles. The molecule has 2 heteroatoms. The van der Waals surface area contributed by atoms with Crippen LogP contribution in [-0.2, 0) is 6.42 Å². The first-order valence-electron chi connectivity index (χ1n) is 15.3. The predicted molar refractivity (Wildman–Crippen MR) is 187 cm³/mol. The van der Waals surface area contributed by atoms with Crippen LogP contribution in [0.3, 0.4) is 0 Å². The minimum atomic E-state index is 0.585. The summed E-state index contributed by atoms with van der Waals surface area (Å²) in [6, 6.07) is 42.4. The van der Waals surface area contributed by atoms with E-state index in [0.717, 1.165) is 19.3 Å². The van der Waals surface area contributed by atoms with Gasteiger partial charge in [-0.1, -0.05) is 128 Å². The maximum absolute atomic E-state index is 2.49. The van der Waals surface area contributed by atoms with Gasteiger partial charge in [0.05, 0.1) is 15.7 Å². The Morgan fingerprint density at radius 1 is 0.791 bits per heavy atom. The Labute approximate surface area is 256 Å². The van der Waals surface area contributed by atoms with Gasteiger partial charge in [0.1, 0.15) is 0 Å². The molecule has 0 amide bonds. The van der Waals surface area contributed by atoms with Crippen LogP contribution in [0.1, 0.15) is 30.9 Å². The van der Waals surface area contributed by atoms with E-state index < -0.39 is 0 Å². The Morgan fingerprint density at radius 3 is 2.47 bits per heavy atom. The van der Waals surface area contributed by atoms with Gasteiger partial charge in [-0.3, -0.25) is 0 Å². The van der Waals surface area contributed by atoms with Gasteiger partial charge in [0.15, 0.2) is 0 Å². The molecule has 0 saturated heterocycles. The van der Waals surface area contributed by atoms with Gasteiger partial charge in [0.2, 0.25) is 0 Å². The lowest BCUT2D eigenvalue weighted by atomic mass is 9.86. The SMILES string of the molecule is CC1CC=CC=C1C/C(=C\Cc1cccc(-n2c3ccccc3c3ccc4c5ccccc5sc4c32)c1)c1ccccc1. The molecule has 7 aromatic rings. The maximum Gasteiger partial charge on any atom is 0.0719 e. The quantitative estimate of drug-likeness (QED) is 0.187. The van der Waals surface area contributed by atoms with Crippen LogP contribution in [0.4, 0.5) is 0 Å². The van der Waals surface area contributed by atoms with Crippen molar-refractivity contribution in [1.82, 2.24) is 4.57 Å². The second kappa shape index (κ2) is 10.9. The minimum Gasteiger partial charge on any atom is -0.308 e. The summed E-state index contributed by atoms with van der Waals surface area (Å²) in [5, 5.41) is 5.30. The van der Waals surface area contributed by atoms with Crippen LogP contribution in [0, 0.1) is 5.92 Å². The van der Waals surface area contributed by atoms with Crippen molar-refractivity contribution >= 4 is 58.9 Å². The molecular formula is C41H33NS. The van der Waals surface area contributed by atoms with E-state index in [1.54, 1.807) is 0 Å². The lowest BCUT2D eigenvalue weighted by Gasteiger charge is -2.19. The largest absolute Gasteiger partial charge is 0.308 e. The lowest BCUT2D eigenvalue weighted by molar-refractivity contribution is 0.673. The third-order valence-electron chi connectivity index (χ3n) is 9.04. The highest BCUT2D eigenvalue weighted by Gasteiger charge is 2.18. The summed E-state index contributed by atoms with van der Waals surface area (Å²) in [4.78, 5) is 0. The Kier molecular flexibility index (Phi) is 6.58. The Morgan fingerprint density at radius 2 is 1.58 bits per heavy atom. The molecule has 0 aliphatic heterocycles. The van der Waals surface area contributed by atoms with Crippen LogP contribution in [0.2, 0.25) is 0 Å². The normalized spacial score (nSPS) is 15.6. The van der Waals surface area contributed by atoms with Crippen molar-refractivity contribution in [2.45, 2.75) is 26.2 Å². The molecule has 0 fully saturated rings. The van der Waals surface area contributed by atoms with Gasteiger partial charge in [-0.25, -0.2) is 0 Å². The first kappa shape index (κ1) is 26.0. The summed E-state index contributed by atoms with van der Waals surface area (Å²) in [7, 11) is 0. The Bertz CT molecular complexity index is 2220. The number of hydrogen-bond donors (Lipinski definition) is 0. The number of allylic oxidation sites excluding steroid dienone is 6. The number of thiophene rings is 1. The molecule has 43 heavy (non-hydrogen) atoms. The number of aromatic nitrogens is 1. The number of nitrogens with zero attached hydrogens (tertiary/aromatic N) is 1. The molecule has 1 unspecified atom stereocenters. The van der Waals surface area contributed by atoms with E-state index in [4.69, 9.17) is 0 Å². The van der Waals surface area contributed by atoms with E-state index in [-0.39, 0.29) is 0 Å². The zero-order chi connectivity index (χ0) is 28.8. The van der Waals surface area contributed by atoms with E-state index in [1.807, 2.05) is 11.3 Å². The molecule has 2 heterocycles. The maximum atomic E-state index is 2.49. The number of para-hydroxylation sites is 1. The fourth-order valence-corrected chi connectivity index (χ4v) is 7.99. The summed E-state index contributed by atoms with van der Waals surface area (Å²) in [5.74, 6) is 0.585. The summed E-state index contributed by atoms with van der Waals surface area (Å²) >= 11 is 1.91. The minimum absolute atomic E-state index is 0.585. The number of benzene rings is 5. The zero-order valence-corrected chi connectivity index (χ0v) is 25.1. The standard InChI is InChI=1S/C41H33NS/c1-28-12-5-6-16-31(28)27-32(30-14-3-2-4-15-30)23-22-29-13-11-17-33(26-29)42-38-20-9-7-18-34(38)36-24-25-37-35-19-8-10-21-39(35)43-41(37)40(36)42/h2-11,13-21,23-26,28H,12,22,27H2,1H3/b32-23+. The Hall–Kier alpha value is -4.66. The molecule has 8 rings (SSSR count). The van der Waals surface area contributed by atoms with Crippen LogP contribution in [0.5, 0.6) is 0 Å². The Balaban J connectivity index is 1.25. The van der Waals surface area contributed by atoms with E-state index in [9.17, 15) is 0 Å². The van der Waals surface area contributed by atoms with Gasteiger partial charge in [0, 0.05) is 31.9 Å². The van der Waals surface area contributed by atoms with Crippen molar-refractivity contribution in [2.75, 3.05) is 0 Å². The van der Waals surface area contributed by atoms with Gasteiger partial charge in [-0.2, -0.15) is 0 Å². The van der Waals surface area contributed by atoms with Crippen molar-refractivity contribution in [1.29, 1.82) is 0 Å². The van der Waals surface area contributed by atoms with Crippen molar-refractivity contribution in [3.05, 3.63) is 156 Å². The molecule has 0 saturated carbocycles. The third-order valence-corrected chi connectivity index (χ3v) is 10.2. The molecule has 1 aliphatic carbocycles. The highest BCUT2D eigenvalue weighted by Crippen LogP contribution is 2.43. The fraction of sp³-hybridized carbons (Fsp3) is 0.122. The summed E-state index contributed by atoms with van der Waals surface area (Å²) in [6.45, 7) is 2.35. The van der Waals surface area contributed by atoms with Gasteiger partial charge in [-0.15, -0.1) is 11.3 Å². The van der Waals surface area contributed by atoms with Crippen LogP contribution >= 0.6 is 11.3 Å². The summed E-state index contributed by atoms with van der Waals surface area (Å²) in [5.41, 5.74) is 9.35. The number of hydrogen-bond acceptors (Lipinski definition) is 1. The van der Waals surface area contributed by atoms with E-state index in [1.165, 1.54) is 69.9 Å². The fourth-order valence-electron chi connectivity index (χ4n) is 6.75. The summed E-state index contributed by atoms with van der Waals surface area (Å²) < 4.78 is 5.19. The lowest BCUT2D eigenvalue weighted by Crippen LogP contribution is -2.03. The molecule has 1 aliphatic rings. The smallest absolute Gasteiger partial charge is 0.0719 e. The first-order valence-corrected chi connectivity index (χ1v) is 16.1. The second-order valence-corrected chi connectivity index (χ2v) is 12.8. The third kappa shape index (κ3) is 4.63. The van der Waals surface area contributed by atoms with Crippen molar-refractivity contribution < 1.29 is 0 Å². The molecule has 5 aromatic carbocycles. The average molecular weight is 572 g/mol. The topological polar surface area (TPSA) is 4.93 Å². The monoisotopic (exact) mass is 571 g/mol. The van der Waals surface area contributed by atoms with Gasteiger partial charge in [0.25, 0.3) is 0 Å². The van der Waals surface area contributed by atoms with E-state index >= 15 is 0 Å². The van der Waals surface area contributed by atoms with E-state index in [0.29, 0.717) is 5.92 Å². The average Bonchev–Trinajstić information content (AvgIpc) is 3.60. The van der Waals surface area contributed by atoms with Gasteiger partial charge < -0.3 is 4.57 Å². The van der Waals surface area contributed by atoms with Crippen molar-refractivity contribution in [2.24, 2.45) is 5.92 Å². The summed E-state index contributed by atoms with van der Waals surface area (Å²) in [6.07, 6.45) is 12.3. The number of fused-ring (bicyclic) bond motifs is 7. The highest BCUT2D eigenvalue weighted by molar-refractivity contribution is 7.26. The van der Waals surface area contributed by atoms with E-state index in [2.05, 4.69) is 151 Å². The first-order chi connectivity index (χ1) is 21.2. The molecule has 1 nitrogen and oxygen atoms in total. The highest BCUT2D eigenvalue weighted by atomic mass is 32.1. The molecular weight excluding hydrogens is 539 g/mol. The van der Waals surface area contributed by atoms with Crippen LogP contribution in [0.15, 0.2) is 145 Å². The molecule has 0 radical (unpaired) electrons. The molecule has 1 atom stereocenters. The predicted octanol–water partition coefficient (Wildman–Crippen LogP) is 11.7. The number of rotatable bonds is 6. The molecule has 0 spiro atoms. The molecule has 208 valence electrons. The zero-order valence-electron chi connectivity index (χ0n) is 24.3.